The molecule has 1 aliphatic rings. The number of piperazine rings is 1. The molecule has 0 bridgehead atoms. The van der Waals surface area contributed by atoms with Crippen molar-refractivity contribution in [1.29, 1.82) is 0 Å². The molecule has 0 unspecified atom stereocenters. The Labute approximate surface area is 180 Å². The number of nitrogens with one attached hydrogen (secondary N) is 1. The van der Waals surface area contributed by atoms with Crippen molar-refractivity contribution >= 4 is 44.9 Å². The summed E-state index contributed by atoms with van der Waals surface area (Å²) in [5, 5.41) is 3.84. The summed E-state index contributed by atoms with van der Waals surface area (Å²) in [5.41, 5.74) is 3.03. The smallest absolute Gasteiger partial charge is 0.238 e. The fourth-order valence-corrected chi connectivity index (χ4v) is 4.06. The van der Waals surface area contributed by atoms with Gasteiger partial charge in [-0.1, -0.05) is 31.5 Å². The highest BCUT2D eigenvalue weighted by Gasteiger charge is 2.21. The topological polar surface area (TPSA) is 48.5 Å². The molecule has 28 heavy (non-hydrogen) atoms. The Hall–Kier alpha value is -1.63. The fraction of sp³-hybridized carbons (Fsp3) is 0.429. The van der Waals surface area contributed by atoms with E-state index in [4.69, 9.17) is 11.6 Å². The monoisotopic (exact) mass is 464 g/mol. The molecule has 5 nitrogen and oxygen atoms in total. The summed E-state index contributed by atoms with van der Waals surface area (Å²) in [6.07, 6.45) is 3.47. The van der Waals surface area contributed by atoms with E-state index in [9.17, 15) is 4.79 Å². The van der Waals surface area contributed by atoms with Gasteiger partial charge in [0.15, 0.2) is 0 Å². The maximum Gasteiger partial charge on any atom is 0.238 e. The van der Waals surface area contributed by atoms with E-state index in [2.05, 4.69) is 49.9 Å². The molecule has 0 spiro atoms. The van der Waals surface area contributed by atoms with Crippen molar-refractivity contribution in [3.05, 3.63) is 51.1 Å². The number of amides is 1. The quantitative estimate of drug-likeness (QED) is 0.688. The van der Waals surface area contributed by atoms with Crippen molar-refractivity contribution in [2.75, 3.05) is 42.9 Å². The number of rotatable bonds is 6. The van der Waals surface area contributed by atoms with E-state index >= 15 is 0 Å². The van der Waals surface area contributed by atoms with E-state index in [-0.39, 0.29) is 5.91 Å². The highest BCUT2D eigenvalue weighted by molar-refractivity contribution is 9.10. The highest BCUT2D eigenvalue weighted by atomic mass is 79.9. The van der Waals surface area contributed by atoms with Crippen LogP contribution in [0.3, 0.4) is 0 Å². The van der Waals surface area contributed by atoms with Crippen LogP contribution in [0, 0.1) is 0 Å². The second-order valence-electron chi connectivity index (χ2n) is 6.91. The number of aromatic nitrogens is 1. The van der Waals surface area contributed by atoms with Gasteiger partial charge in [-0.15, -0.1) is 0 Å². The lowest BCUT2D eigenvalue weighted by Gasteiger charge is -2.35. The number of anilines is 2. The SMILES string of the molecule is CCc1ccc(Cl)c(CC)c1NC(=O)CN1CCN(c2ccc(Br)cn2)CC1. The maximum absolute atomic E-state index is 12.7. The number of pyridine rings is 1. The van der Waals surface area contributed by atoms with Crippen molar-refractivity contribution in [2.45, 2.75) is 26.7 Å². The molecule has 0 radical (unpaired) electrons. The Morgan fingerprint density at radius 2 is 1.89 bits per heavy atom. The Morgan fingerprint density at radius 3 is 2.50 bits per heavy atom. The van der Waals surface area contributed by atoms with Gasteiger partial charge in [0.25, 0.3) is 0 Å². The minimum absolute atomic E-state index is 0.0156. The van der Waals surface area contributed by atoms with Crippen molar-refractivity contribution < 1.29 is 4.79 Å². The first-order valence-corrected chi connectivity index (χ1v) is 10.9. The van der Waals surface area contributed by atoms with Gasteiger partial charge in [-0.3, -0.25) is 9.69 Å². The Kier molecular flexibility index (Phi) is 7.32. The maximum atomic E-state index is 12.7. The Balaban J connectivity index is 1.58. The van der Waals surface area contributed by atoms with Crippen LogP contribution in [0.1, 0.15) is 25.0 Å². The summed E-state index contributed by atoms with van der Waals surface area (Å²) in [7, 11) is 0. The number of aryl methyl sites for hydroxylation is 1. The molecule has 1 fully saturated rings. The summed E-state index contributed by atoms with van der Waals surface area (Å²) in [5.74, 6) is 0.994. The summed E-state index contributed by atoms with van der Waals surface area (Å²) in [4.78, 5) is 21.6. The van der Waals surface area contributed by atoms with Crippen LogP contribution in [-0.2, 0) is 17.6 Å². The summed E-state index contributed by atoms with van der Waals surface area (Å²) < 4.78 is 0.977. The number of hydrogen-bond acceptors (Lipinski definition) is 4. The summed E-state index contributed by atoms with van der Waals surface area (Å²) in [6.45, 7) is 7.93. The Bertz CT molecular complexity index is 820. The third kappa shape index (κ3) is 5.04. The van der Waals surface area contributed by atoms with Crippen LogP contribution in [0.2, 0.25) is 5.02 Å². The zero-order valence-electron chi connectivity index (χ0n) is 16.3. The standard InChI is InChI=1S/C21H26BrClN4O/c1-3-15-5-7-18(23)17(4-2)21(15)25-20(28)14-26-9-11-27(12-10-26)19-8-6-16(22)13-24-19/h5-8,13H,3-4,9-12,14H2,1-2H3,(H,25,28). The van der Waals surface area contributed by atoms with Crippen molar-refractivity contribution in [2.24, 2.45) is 0 Å². The molecule has 2 heterocycles. The minimum atomic E-state index is 0.0156. The first-order chi connectivity index (χ1) is 13.5. The molecule has 0 saturated carbocycles. The summed E-state index contributed by atoms with van der Waals surface area (Å²) >= 11 is 9.76. The van der Waals surface area contributed by atoms with E-state index < -0.39 is 0 Å². The number of nitrogens with zero attached hydrogens (tertiary/aromatic N) is 3. The zero-order valence-corrected chi connectivity index (χ0v) is 18.7. The molecule has 7 heteroatoms. The molecule has 2 aromatic rings. The van der Waals surface area contributed by atoms with E-state index in [0.29, 0.717) is 11.6 Å². The molecule has 1 amide bonds. The van der Waals surface area contributed by atoms with Gasteiger partial charge in [0, 0.05) is 47.6 Å². The van der Waals surface area contributed by atoms with Gasteiger partial charge >= 0.3 is 0 Å². The predicted octanol–water partition coefficient (Wildman–Crippen LogP) is 4.38. The number of carbonyl (C=O) groups is 1. The number of hydrogen-bond donors (Lipinski definition) is 1. The second-order valence-corrected chi connectivity index (χ2v) is 8.24. The average Bonchev–Trinajstić information content (AvgIpc) is 2.70. The van der Waals surface area contributed by atoms with Gasteiger partial charge in [0.2, 0.25) is 5.91 Å². The lowest BCUT2D eigenvalue weighted by Crippen LogP contribution is -2.49. The van der Waals surface area contributed by atoms with Crippen LogP contribution in [0.25, 0.3) is 0 Å². The van der Waals surface area contributed by atoms with E-state index in [1.54, 1.807) is 0 Å². The first kappa shape index (κ1) is 21.1. The zero-order chi connectivity index (χ0) is 20.1. The molecule has 0 atom stereocenters. The van der Waals surface area contributed by atoms with E-state index in [0.717, 1.165) is 66.1 Å². The fourth-order valence-electron chi connectivity index (χ4n) is 3.54. The van der Waals surface area contributed by atoms with Gasteiger partial charge in [-0.25, -0.2) is 4.98 Å². The van der Waals surface area contributed by atoms with Crippen LogP contribution >= 0.6 is 27.5 Å². The Morgan fingerprint density at radius 1 is 1.14 bits per heavy atom. The molecule has 0 aliphatic carbocycles. The van der Waals surface area contributed by atoms with Crippen LogP contribution in [0.5, 0.6) is 0 Å². The van der Waals surface area contributed by atoms with Gasteiger partial charge in [-0.2, -0.15) is 0 Å². The predicted molar refractivity (Wildman–Crippen MR) is 119 cm³/mol. The van der Waals surface area contributed by atoms with Crippen molar-refractivity contribution in [3.63, 3.8) is 0 Å². The third-order valence-electron chi connectivity index (χ3n) is 5.12. The largest absolute Gasteiger partial charge is 0.354 e. The molecular formula is C21H26BrClN4O. The minimum Gasteiger partial charge on any atom is -0.354 e. The van der Waals surface area contributed by atoms with Crippen LogP contribution in [-0.4, -0.2) is 48.5 Å². The van der Waals surface area contributed by atoms with Crippen LogP contribution in [0.15, 0.2) is 34.9 Å². The van der Waals surface area contributed by atoms with Crippen molar-refractivity contribution in [1.82, 2.24) is 9.88 Å². The summed E-state index contributed by atoms with van der Waals surface area (Å²) in [6, 6.07) is 7.94. The molecule has 1 saturated heterocycles. The van der Waals surface area contributed by atoms with E-state index in [1.165, 1.54) is 0 Å². The van der Waals surface area contributed by atoms with Gasteiger partial charge in [0.1, 0.15) is 5.82 Å². The molecule has 3 rings (SSSR count). The molecule has 1 N–H and O–H groups in total. The second kappa shape index (κ2) is 9.72. The third-order valence-corrected chi connectivity index (χ3v) is 5.94. The van der Waals surface area contributed by atoms with Gasteiger partial charge in [0.05, 0.1) is 6.54 Å². The van der Waals surface area contributed by atoms with Crippen molar-refractivity contribution in [3.8, 4) is 0 Å². The highest BCUT2D eigenvalue weighted by Crippen LogP contribution is 2.29. The van der Waals surface area contributed by atoms with Crippen LogP contribution < -0.4 is 10.2 Å². The molecular weight excluding hydrogens is 440 g/mol. The normalized spacial score (nSPS) is 14.9. The lowest BCUT2D eigenvalue weighted by molar-refractivity contribution is -0.117. The van der Waals surface area contributed by atoms with E-state index in [1.807, 2.05) is 30.5 Å². The number of carbonyl (C=O) groups excluding carboxylic acids is 1. The molecule has 1 aromatic heterocycles. The number of halogens is 2. The number of benzene rings is 1. The molecule has 1 aliphatic heterocycles. The van der Waals surface area contributed by atoms with Gasteiger partial charge < -0.3 is 10.2 Å². The molecule has 1 aromatic carbocycles. The molecule has 150 valence electrons. The first-order valence-electron chi connectivity index (χ1n) is 9.70. The lowest BCUT2D eigenvalue weighted by atomic mass is 10.0. The average molecular weight is 466 g/mol. The van der Waals surface area contributed by atoms with Gasteiger partial charge in [-0.05, 0) is 58.1 Å². The van der Waals surface area contributed by atoms with Crippen LogP contribution in [0.4, 0.5) is 11.5 Å².